The van der Waals surface area contributed by atoms with Crippen LogP contribution in [0.15, 0.2) is 84.9 Å². The van der Waals surface area contributed by atoms with Crippen molar-refractivity contribution in [1.29, 1.82) is 0 Å². The Morgan fingerprint density at radius 3 is 0.875 bits per heavy atom. The molecule has 0 atom stereocenters. The zero-order valence-corrected chi connectivity index (χ0v) is 36.0. The highest BCUT2D eigenvalue weighted by molar-refractivity contribution is 5.43. The molecule has 0 heterocycles. The summed E-state index contributed by atoms with van der Waals surface area (Å²) in [7, 11) is 0. The molecule has 4 aromatic rings. The molecule has 0 amide bonds. The van der Waals surface area contributed by atoms with Gasteiger partial charge >= 0.3 is 0 Å². The lowest BCUT2D eigenvalue weighted by molar-refractivity contribution is 0.533. The Bertz CT molecular complexity index is 1460. The molecular weight excluding hydrogens is 677 g/mol. The van der Waals surface area contributed by atoms with Crippen molar-refractivity contribution in [2.24, 2.45) is 0 Å². The van der Waals surface area contributed by atoms with E-state index >= 15 is 0 Å². The molecule has 2 heteroatoms. The summed E-state index contributed by atoms with van der Waals surface area (Å²) in [6.45, 7) is 4.61. The van der Waals surface area contributed by atoms with Gasteiger partial charge in [0.1, 0.15) is 0 Å². The lowest BCUT2D eigenvalue weighted by atomic mass is 9.93. The molecule has 0 aliphatic heterocycles. The van der Waals surface area contributed by atoms with Crippen LogP contribution >= 0.6 is 0 Å². The van der Waals surface area contributed by atoms with Gasteiger partial charge in [-0.1, -0.05) is 190 Å². The van der Waals surface area contributed by atoms with Crippen LogP contribution in [0.3, 0.4) is 0 Å². The maximum absolute atomic E-state index is 5.92. The molecule has 4 rings (SSSR count). The second kappa shape index (κ2) is 28.0. The molecule has 4 aromatic carbocycles. The zero-order chi connectivity index (χ0) is 39.5. The number of benzene rings is 4. The highest BCUT2D eigenvalue weighted by atomic mass is 14.5. The molecule has 4 N–H and O–H groups in total. The molecule has 0 bridgehead atoms. The van der Waals surface area contributed by atoms with Crippen molar-refractivity contribution in [2.45, 2.75) is 194 Å². The van der Waals surface area contributed by atoms with Crippen LogP contribution in [0.5, 0.6) is 0 Å². The van der Waals surface area contributed by atoms with E-state index in [9.17, 15) is 0 Å². The van der Waals surface area contributed by atoms with E-state index in [1.165, 1.54) is 189 Å². The molecule has 56 heavy (non-hydrogen) atoms. The van der Waals surface area contributed by atoms with Gasteiger partial charge in [0.15, 0.2) is 0 Å². The van der Waals surface area contributed by atoms with Gasteiger partial charge in [0.05, 0.1) is 0 Å². The van der Waals surface area contributed by atoms with E-state index < -0.39 is 0 Å². The number of aryl methyl sites for hydroxylation is 4. The normalized spacial score (nSPS) is 11.4. The third-order valence-corrected chi connectivity index (χ3v) is 12.1. The molecule has 0 spiro atoms. The van der Waals surface area contributed by atoms with Gasteiger partial charge in [-0.2, -0.15) is 0 Å². The first kappa shape index (κ1) is 45.2. The molecule has 0 aliphatic rings. The predicted octanol–water partition coefficient (Wildman–Crippen LogP) is 15.5. The summed E-state index contributed by atoms with van der Waals surface area (Å²) in [5.41, 5.74) is 25.5. The number of nitrogens with two attached hydrogens (primary N) is 2. The van der Waals surface area contributed by atoms with E-state index in [-0.39, 0.29) is 0 Å². The van der Waals surface area contributed by atoms with E-state index in [0.29, 0.717) is 0 Å². The molecule has 0 fully saturated rings. The second-order valence-corrected chi connectivity index (χ2v) is 17.1. The summed E-state index contributed by atoms with van der Waals surface area (Å²) in [4.78, 5) is 0. The van der Waals surface area contributed by atoms with Crippen LogP contribution in [0.4, 0.5) is 11.4 Å². The lowest BCUT2D eigenvalue weighted by Crippen LogP contribution is -1.99. The summed E-state index contributed by atoms with van der Waals surface area (Å²) in [6, 6.07) is 31.4. The van der Waals surface area contributed by atoms with Crippen LogP contribution in [0.2, 0.25) is 0 Å². The van der Waals surface area contributed by atoms with Crippen LogP contribution in [0.1, 0.15) is 200 Å². The SMILES string of the molecule is CCCCCCc1cc(Cc2ccc(N)cc2)ccc1CCCCCCCCCCCCCCCCc1ccc(Cc2ccc(N)cc2)cc1CCCCCC. The van der Waals surface area contributed by atoms with Crippen molar-refractivity contribution >= 4 is 11.4 Å². The Morgan fingerprint density at radius 1 is 0.286 bits per heavy atom. The molecular formula is C54H80N2. The summed E-state index contributed by atoms with van der Waals surface area (Å²) in [6.07, 6.45) is 37.2. The van der Waals surface area contributed by atoms with Crippen LogP contribution < -0.4 is 11.5 Å². The topological polar surface area (TPSA) is 52.0 Å². The molecule has 0 aliphatic carbocycles. The minimum Gasteiger partial charge on any atom is -0.399 e. The predicted molar refractivity (Wildman–Crippen MR) is 248 cm³/mol. The third-order valence-electron chi connectivity index (χ3n) is 12.1. The van der Waals surface area contributed by atoms with Crippen LogP contribution in [-0.2, 0) is 38.5 Å². The van der Waals surface area contributed by atoms with E-state index in [0.717, 1.165) is 24.2 Å². The molecule has 2 nitrogen and oxygen atoms in total. The molecule has 0 unspecified atom stereocenters. The summed E-state index contributed by atoms with van der Waals surface area (Å²) < 4.78 is 0. The number of anilines is 2. The Hall–Kier alpha value is -3.52. The van der Waals surface area contributed by atoms with Gasteiger partial charge in [0.2, 0.25) is 0 Å². The van der Waals surface area contributed by atoms with E-state index in [4.69, 9.17) is 11.5 Å². The lowest BCUT2D eigenvalue weighted by Gasteiger charge is -2.13. The Morgan fingerprint density at radius 2 is 0.554 bits per heavy atom. The van der Waals surface area contributed by atoms with Gasteiger partial charge in [0.25, 0.3) is 0 Å². The van der Waals surface area contributed by atoms with Crippen LogP contribution in [0, 0.1) is 0 Å². The van der Waals surface area contributed by atoms with Crippen LogP contribution in [0.25, 0.3) is 0 Å². The van der Waals surface area contributed by atoms with E-state index in [1.54, 1.807) is 22.3 Å². The smallest absolute Gasteiger partial charge is 0.0314 e. The van der Waals surface area contributed by atoms with Crippen molar-refractivity contribution < 1.29 is 0 Å². The zero-order valence-electron chi connectivity index (χ0n) is 36.0. The average molecular weight is 757 g/mol. The van der Waals surface area contributed by atoms with Crippen molar-refractivity contribution in [3.8, 4) is 0 Å². The first-order valence-corrected chi connectivity index (χ1v) is 23.4. The average Bonchev–Trinajstić information content (AvgIpc) is 3.21. The van der Waals surface area contributed by atoms with Crippen LogP contribution in [-0.4, -0.2) is 0 Å². The Kier molecular flexibility index (Phi) is 22.6. The number of hydrogen-bond acceptors (Lipinski definition) is 2. The number of unbranched alkanes of at least 4 members (excludes halogenated alkanes) is 19. The van der Waals surface area contributed by atoms with Crippen molar-refractivity contribution in [2.75, 3.05) is 11.5 Å². The first-order chi connectivity index (χ1) is 27.5. The third kappa shape index (κ3) is 18.6. The quantitative estimate of drug-likeness (QED) is 0.0397. The second-order valence-electron chi connectivity index (χ2n) is 17.1. The fraction of sp³-hybridized carbons (Fsp3) is 0.556. The summed E-state index contributed by atoms with van der Waals surface area (Å²) in [5.74, 6) is 0. The maximum atomic E-state index is 5.92. The van der Waals surface area contributed by atoms with Gasteiger partial charge < -0.3 is 11.5 Å². The van der Waals surface area contributed by atoms with E-state index in [2.05, 4.69) is 74.5 Å². The molecule has 0 saturated heterocycles. The van der Waals surface area contributed by atoms with E-state index in [1.807, 2.05) is 24.3 Å². The number of rotatable bonds is 31. The highest BCUT2D eigenvalue weighted by Crippen LogP contribution is 2.24. The summed E-state index contributed by atoms with van der Waals surface area (Å²) >= 11 is 0. The molecule has 0 aromatic heterocycles. The van der Waals surface area contributed by atoms with Crippen molar-refractivity contribution in [3.05, 3.63) is 129 Å². The summed E-state index contributed by atoms with van der Waals surface area (Å²) in [5, 5.41) is 0. The highest BCUT2D eigenvalue weighted by Gasteiger charge is 2.08. The number of nitrogen functional groups attached to an aromatic ring is 2. The monoisotopic (exact) mass is 757 g/mol. The molecule has 306 valence electrons. The van der Waals surface area contributed by atoms with Gasteiger partial charge in [0, 0.05) is 11.4 Å². The standard InChI is InChI=1S/C54H80N2/c1-3-5-7-21-27-51-43-47(41-45-31-37-53(55)38-32-45)29-35-49(51)25-23-19-17-15-13-11-9-10-12-14-16-18-20-24-26-50-36-30-48(42-46-33-39-54(56)40-34-46)44-52(50)28-22-8-6-4-2/h29-40,43-44H,3-28,41-42,55-56H2,1-2H3. The largest absolute Gasteiger partial charge is 0.399 e. The molecule has 0 radical (unpaired) electrons. The maximum Gasteiger partial charge on any atom is 0.0314 e. The first-order valence-electron chi connectivity index (χ1n) is 23.4. The van der Waals surface area contributed by atoms with Gasteiger partial charge in [-0.05, 0) is 133 Å². The van der Waals surface area contributed by atoms with Crippen molar-refractivity contribution in [1.82, 2.24) is 0 Å². The van der Waals surface area contributed by atoms with Crippen molar-refractivity contribution in [3.63, 3.8) is 0 Å². The fourth-order valence-electron chi connectivity index (χ4n) is 8.51. The minimum absolute atomic E-state index is 0.843. The Balaban J connectivity index is 1.02. The van der Waals surface area contributed by atoms with Gasteiger partial charge in [-0.3, -0.25) is 0 Å². The van der Waals surface area contributed by atoms with Gasteiger partial charge in [-0.25, -0.2) is 0 Å². The number of hydrogen-bond donors (Lipinski definition) is 2. The minimum atomic E-state index is 0.843. The van der Waals surface area contributed by atoms with Gasteiger partial charge in [-0.15, -0.1) is 0 Å². The fourth-order valence-corrected chi connectivity index (χ4v) is 8.51. The Labute approximate surface area is 344 Å². The molecule has 0 saturated carbocycles.